The third-order valence-corrected chi connectivity index (χ3v) is 5.85. The second kappa shape index (κ2) is 9.95. The summed E-state index contributed by atoms with van der Waals surface area (Å²) in [6.45, 7) is 4.41. The number of carbonyl (C=O) groups is 1. The zero-order chi connectivity index (χ0) is 22.3. The highest BCUT2D eigenvalue weighted by molar-refractivity contribution is 7.92. The summed E-state index contributed by atoms with van der Waals surface area (Å²) >= 11 is 0. The fraction of sp³-hybridized carbons (Fsp3) is 0.125. The summed E-state index contributed by atoms with van der Waals surface area (Å²) in [6, 6.07) is 22.0. The molecule has 0 saturated carbocycles. The Hall–Kier alpha value is -3.58. The lowest BCUT2D eigenvalue weighted by Crippen LogP contribution is -2.26. The number of nitrogens with zero attached hydrogens (tertiary/aromatic N) is 1. The molecule has 0 bridgehead atoms. The molecule has 0 aliphatic carbocycles. The molecule has 0 aliphatic heterocycles. The van der Waals surface area contributed by atoms with Crippen molar-refractivity contribution in [3.05, 3.63) is 103 Å². The van der Waals surface area contributed by atoms with E-state index in [1.54, 1.807) is 54.4 Å². The van der Waals surface area contributed by atoms with Crippen LogP contribution in [0.5, 0.6) is 5.75 Å². The van der Waals surface area contributed by atoms with Crippen molar-refractivity contribution < 1.29 is 17.9 Å². The number of carbonyl (C=O) groups excluding carboxylic acids is 1. The standard InChI is InChI=1S/C24H24N2O4S/c1-3-15-30-22-12-7-9-19(16-22)18-26(2)24(27)20-10-8-11-21(17-20)25-31(28,29)23-13-5-4-6-14-23/h3-14,16-17,25H,1,15,18H2,2H3. The molecular weight excluding hydrogens is 412 g/mol. The van der Waals surface area contributed by atoms with Gasteiger partial charge in [-0.2, -0.15) is 0 Å². The van der Waals surface area contributed by atoms with Crippen LogP contribution < -0.4 is 9.46 Å². The van der Waals surface area contributed by atoms with Crippen LogP contribution in [0.25, 0.3) is 0 Å². The van der Waals surface area contributed by atoms with Crippen LogP contribution in [0.2, 0.25) is 0 Å². The van der Waals surface area contributed by atoms with Crippen molar-refractivity contribution in [2.45, 2.75) is 11.4 Å². The van der Waals surface area contributed by atoms with Gasteiger partial charge in [-0.3, -0.25) is 9.52 Å². The average Bonchev–Trinajstić information content (AvgIpc) is 2.78. The van der Waals surface area contributed by atoms with Gasteiger partial charge in [0.25, 0.3) is 15.9 Å². The number of ether oxygens (including phenoxy) is 1. The van der Waals surface area contributed by atoms with Crippen molar-refractivity contribution in [3.63, 3.8) is 0 Å². The van der Waals surface area contributed by atoms with Gasteiger partial charge in [0.05, 0.1) is 4.90 Å². The molecule has 0 radical (unpaired) electrons. The Morgan fingerprint density at radius 1 is 1.03 bits per heavy atom. The molecule has 0 spiro atoms. The first-order chi connectivity index (χ1) is 14.9. The van der Waals surface area contributed by atoms with E-state index in [1.165, 1.54) is 18.2 Å². The molecule has 3 rings (SSSR count). The van der Waals surface area contributed by atoms with Crippen LogP contribution in [-0.4, -0.2) is 32.9 Å². The Morgan fingerprint density at radius 3 is 2.52 bits per heavy atom. The van der Waals surface area contributed by atoms with E-state index in [9.17, 15) is 13.2 Å². The third-order valence-electron chi connectivity index (χ3n) is 4.45. The van der Waals surface area contributed by atoms with Crippen molar-refractivity contribution in [2.75, 3.05) is 18.4 Å². The minimum atomic E-state index is -3.73. The number of hydrogen-bond acceptors (Lipinski definition) is 4. The zero-order valence-corrected chi connectivity index (χ0v) is 18.0. The van der Waals surface area contributed by atoms with Crippen LogP contribution in [0, 0.1) is 0 Å². The maximum Gasteiger partial charge on any atom is 0.261 e. The Kier molecular flexibility index (Phi) is 7.10. The van der Waals surface area contributed by atoms with Crippen LogP contribution in [-0.2, 0) is 16.6 Å². The van der Waals surface area contributed by atoms with Crippen molar-refractivity contribution in [2.24, 2.45) is 0 Å². The molecule has 7 heteroatoms. The largest absolute Gasteiger partial charge is 0.490 e. The number of rotatable bonds is 9. The first kappa shape index (κ1) is 22.1. The summed E-state index contributed by atoms with van der Waals surface area (Å²) in [5, 5.41) is 0. The van der Waals surface area contributed by atoms with Gasteiger partial charge >= 0.3 is 0 Å². The molecule has 31 heavy (non-hydrogen) atoms. The van der Waals surface area contributed by atoms with Gasteiger partial charge in [-0.25, -0.2) is 8.42 Å². The molecule has 0 aromatic heterocycles. The lowest BCUT2D eigenvalue weighted by molar-refractivity contribution is 0.0785. The van der Waals surface area contributed by atoms with Crippen molar-refractivity contribution in [3.8, 4) is 5.75 Å². The lowest BCUT2D eigenvalue weighted by Gasteiger charge is -2.18. The Morgan fingerprint density at radius 2 is 1.77 bits per heavy atom. The van der Waals surface area contributed by atoms with E-state index in [2.05, 4.69) is 11.3 Å². The summed E-state index contributed by atoms with van der Waals surface area (Å²) < 4.78 is 33.1. The van der Waals surface area contributed by atoms with Gasteiger partial charge in [-0.15, -0.1) is 0 Å². The molecule has 0 heterocycles. The van der Waals surface area contributed by atoms with E-state index in [0.29, 0.717) is 30.2 Å². The molecule has 0 atom stereocenters. The van der Waals surface area contributed by atoms with E-state index in [0.717, 1.165) is 5.56 Å². The summed E-state index contributed by atoms with van der Waals surface area (Å²) in [4.78, 5) is 14.6. The molecule has 0 saturated heterocycles. The van der Waals surface area contributed by atoms with Gasteiger partial charge < -0.3 is 9.64 Å². The molecule has 1 N–H and O–H groups in total. The molecular formula is C24H24N2O4S. The molecule has 160 valence electrons. The van der Waals surface area contributed by atoms with Crippen LogP contribution in [0.15, 0.2) is 96.4 Å². The minimum Gasteiger partial charge on any atom is -0.490 e. The summed E-state index contributed by atoms with van der Waals surface area (Å²) in [5.41, 5.74) is 1.62. The Bertz CT molecular complexity index is 1160. The highest BCUT2D eigenvalue weighted by Gasteiger charge is 2.16. The van der Waals surface area contributed by atoms with Gasteiger partial charge in [0.1, 0.15) is 12.4 Å². The number of benzene rings is 3. The van der Waals surface area contributed by atoms with E-state index >= 15 is 0 Å². The molecule has 0 fully saturated rings. The van der Waals surface area contributed by atoms with Crippen LogP contribution >= 0.6 is 0 Å². The van der Waals surface area contributed by atoms with Gasteiger partial charge in [0.2, 0.25) is 0 Å². The zero-order valence-electron chi connectivity index (χ0n) is 17.2. The fourth-order valence-corrected chi connectivity index (χ4v) is 4.05. The number of sulfonamides is 1. The third kappa shape index (κ3) is 5.96. The van der Waals surface area contributed by atoms with Crippen molar-refractivity contribution in [1.82, 2.24) is 4.90 Å². The molecule has 0 unspecified atom stereocenters. The van der Waals surface area contributed by atoms with Gasteiger partial charge in [-0.1, -0.05) is 49.1 Å². The monoisotopic (exact) mass is 436 g/mol. The molecule has 0 aliphatic rings. The summed E-state index contributed by atoms with van der Waals surface area (Å²) in [6.07, 6.45) is 1.67. The van der Waals surface area contributed by atoms with Gasteiger partial charge in [-0.05, 0) is 48.0 Å². The van der Waals surface area contributed by atoms with E-state index in [1.807, 2.05) is 24.3 Å². The highest BCUT2D eigenvalue weighted by atomic mass is 32.2. The minimum absolute atomic E-state index is 0.155. The normalized spacial score (nSPS) is 10.9. The van der Waals surface area contributed by atoms with E-state index in [-0.39, 0.29) is 10.8 Å². The fourth-order valence-electron chi connectivity index (χ4n) is 2.98. The second-order valence-corrected chi connectivity index (χ2v) is 8.59. The number of hydrogen-bond donors (Lipinski definition) is 1. The average molecular weight is 437 g/mol. The maximum absolute atomic E-state index is 12.9. The Labute approximate surface area is 182 Å². The van der Waals surface area contributed by atoms with Crippen LogP contribution in [0.3, 0.4) is 0 Å². The number of amides is 1. The summed E-state index contributed by atoms with van der Waals surface area (Å²) in [7, 11) is -2.04. The number of anilines is 1. The predicted molar refractivity (Wildman–Crippen MR) is 122 cm³/mol. The van der Waals surface area contributed by atoms with Gasteiger partial charge in [0, 0.05) is 24.8 Å². The van der Waals surface area contributed by atoms with Crippen LogP contribution in [0.1, 0.15) is 15.9 Å². The van der Waals surface area contributed by atoms with Crippen LogP contribution in [0.4, 0.5) is 5.69 Å². The topological polar surface area (TPSA) is 75.7 Å². The maximum atomic E-state index is 12.9. The van der Waals surface area contributed by atoms with Crippen molar-refractivity contribution in [1.29, 1.82) is 0 Å². The van der Waals surface area contributed by atoms with Gasteiger partial charge in [0.15, 0.2) is 0 Å². The molecule has 1 amide bonds. The Balaban J connectivity index is 1.71. The summed E-state index contributed by atoms with van der Waals surface area (Å²) in [5.74, 6) is 0.480. The number of nitrogens with one attached hydrogen (secondary N) is 1. The highest BCUT2D eigenvalue weighted by Crippen LogP contribution is 2.19. The van der Waals surface area contributed by atoms with Crippen molar-refractivity contribution >= 4 is 21.6 Å². The predicted octanol–water partition coefficient (Wildman–Crippen LogP) is 4.32. The lowest BCUT2D eigenvalue weighted by atomic mass is 10.1. The smallest absolute Gasteiger partial charge is 0.261 e. The molecule has 3 aromatic rings. The first-order valence-electron chi connectivity index (χ1n) is 9.65. The van der Waals surface area contributed by atoms with E-state index < -0.39 is 10.0 Å². The molecule has 6 nitrogen and oxygen atoms in total. The second-order valence-electron chi connectivity index (χ2n) is 6.91. The van der Waals surface area contributed by atoms with E-state index in [4.69, 9.17) is 4.74 Å². The SMILES string of the molecule is C=CCOc1cccc(CN(C)C(=O)c2cccc(NS(=O)(=O)c3ccccc3)c2)c1. The quantitative estimate of drug-likeness (QED) is 0.507. The first-order valence-corrected chi connectivity index (χ1v) is 11.1. The molecule has 3 aromatic carbocycles.